The monoisotopic (exact) mass is 348 g/mol. The van der Waals surface area contributed by atoms with Gasteiger partial charge in [0, 0.05) is 22.2 Å². The number of carbonyl (C=O) groups excluding carboxylic acids is 1. The van der Waals surface area contributed by atoms with Crippen LogP contribution in [0.4, 0.5) is 5.69 Å². The van der Waals surface area contributed by atoms with Crippen molar-refractivity contribution in [3.8, 4) is 0 Å². The van der Waals surface area contributed by atoms with Gasteiger partial charge < -0.3 is 5.32 Å². The van der Waals surface area contributed by atoms with E-state index >= 15 is 0 Å². The number of pyridine rings is 1. The van der Waals surface area contributed by atoms with Gasteiger partial charge in [0.1, 0.15) is 0 Å². The number of nitrogens with one attached hydrogen (secondary N) is 1. The van der Waals surface area contributed by atoms with Gasteiger partial charge in [-0.3, -0.25) is 9.78 Å². The quantitative estimate of drug-likeness (QED) is 0.718. The molecule has 3 nitrogen and oxygen atoms in total. The molecule has 22 heavy (non-hydrogen) atoms. The molecule has 3 aromatic rings. The summed E-state index contributed by atoms with van der Waals surface area (Å²) in [5.74, 6) is 1.19. The molecule has 1 aromatic carbocycles. The molecule has 2 heterocycles. The number of aromatic nitrogens is 1. The predicted molar refractivity (Wildman–Crippen MR) is 95.9 cm³/mol. The van der Waals surface area contributed by atoms with Crippen LogP contribution >= 0.6 is 34.7 Å². The molecule has 0 fully saturated rings. The highest BCUT2D eigenvalue weighted by atomic mass is 35.5. The Morgan fingerprint density at radius 1 is 1.23 bits per heavy atom. The molecule has 6 heteroatoms. The van der Waals surface area contributed by atoms with Gasteiger partial charge in [-0.15, -0.1) is 23.1 Å². The number of thioether (sulfide) groups is 1. The molecule has 3 rings (SSSR count). The molecule has 1 N–H and O–H groups in total. The first-order chi connectivity index (χ1) is 10.7. The van der Waals surface area contributed by atoms with Crippen molar-refractivity contribution in [3.63, 3.8) is 0 Å². The van der Waals surface area contributed by atoms with E-state index in [1.54, 1.807) is 29.3 Å². The Bertz CT molecular complexity index is 798. The topological polar surface area (TPSA) is 42.0 Å². The summed E-state index contributed by atoms with van der Waals surface area (Å²) < 4.78 is 0.781. The Morgan fingerprint density at radius 2 is 2.14 bits per heavy atom. The van der Waals surface area contributed by atoms with Crippen LogP contribution in [0, 0.1) is 0 Å². The summed E-state index contributed by atoms with van der Waals surface area (Å²) in [7, 11) is 0. The van der Waals surface area contributed by atoms with Crippen LogP contribution < -0.4 is 5.32 Å². The average Bonchev–Trinajstić information content (AvgIpc) is 2.93. The van der Waals surface area contributed by atoms with Crippen LogP contribution in [-0.2, 0) is 10.5 Å². The molecule has 0 atom stereocenters. The van der Waals surface area contributed by atoms with Gasteiger partial charge in [-0.25, -0.2) is 0 Å². The van der Waals surface area contributed by atoms with Crippen LogP contribution in [0.5, 0.6) is 0 Å². The van der Waals surface area contributed by atoms with Gasteiger partial charge in [-0.1, -0.05) is 17.7 Å². The molecular formula is C16H13ClN2OS2. The zero-order valence-corrected chi connectivity index (χ0v) is 14.0. The molecule has 0 spiro atoms. The molecule has 0 aliphatic rings. The maximum atomic E-state index is 12.1. The van der Waals surface area contributed by atoms with Crippen LogP contribution in [0.15, 0.2) is 48.7 Å². The molecule has 2 aromatic heterocycles. The molecule has 0 radical (unpaired) electrons. The molecule has 0 saturated carbocycles. The lowest BCUT2D eigenvalue weighted by atomic mass is 10.2. The minimum absolute atomic E-state index is 0.0102. The number of hydrogen-bond donors (Lipinski definition) is 1. The Kier molecular flexibility index (Phi) is 4.97. The van der Waals surface area contributed by atoms with E-state index in [2.05, 4.69) is 10.3 Å². The van der Waals surface area contributed by atoms with Crippen LogP contribution in [-0.4, -0.2) is 16.6 Å². The van der Waals surface area contributed by atoms with Crippen molar-refractivity contribution in [2.45, 2.75) is 5.75 Å². The second-order valence-corrected chi connectivity index (χ2v) is 7.41. The SMILES string of the molecule is O=C(CSCc1ccc(Cl)s1)Nc1cccc2ncccc12. The maximum Gasteiger partial charge on any atom is 0.234 e. The number of halogens is 1. The summed E-state index contributed by atoms with van der Waals surface area (Å²) in [6.45, 7) is 0. The number of carbonyl (C=O) groups is 1. The van der Waals surface area contributed by atoms with E-state index in [1.807, 2.05) is 42.5 Å². The van der Waals surface area contributed by atoms with Crippen molar-refractivity contribution in [3.05, 3.63) is 57.9 Å². The van der Waals surface area contributed by atoms with E-state index in [4.69, 9.17) is 11.6 Å². The first kappa shape index (κ1) is 15.3. The van der Waals surface area contributed by atoms with E-state index in [0.29, 0.717) is 5.75 Å². The van der Waals surface area contributed by atoms with Crippen LogP contribution in [0.3, 0.4) is 0 Å². The number of benzene rings is 1. The summed E-state index contributed by atoms with van der Waals surface area (Å²) in [5, 5.41) is 3.91. The molecule has 1 amide bonds. The minimum atomic E-state index is -0.0102. The number of thiophene rings is 1. The summed E-state index contributed by atoms with van der Waals surface area (Å²) in [6.07, 6.45) is 1.75. The lowest BCUT2D eigenvalue weighted by Gasteiger charge is -2.08. The van der Waals surface area contributed by atoms with Crippen molar-refractivity contribution in [1.82, 2.24) is 4.98 Å². The molecule has 0 saturated heterocycles. The first-order valence-corrected chi connectivity index (χ1v) is 9.03. The molecule has 0 bridgehead atoms. The van der Waals surface area contributed by atoms with Gasteiger partial charge in [-0.05, 0) is 36.4 Å². The lowest BCUT2D eigenvalue weighted by Crippen LogP contribution is -2.14. The second kappa shape index (κ2) is 7.13. The van der Waals surface area contributed by atoms with Gasteiger partial charge in [0.15, 0.2) is 0 Å². The highest BCUT2D eigenvalue weighted by molar-refractivity contribution is 7.99. The van der Waals surface area contributed by atoms with Crippen molar-refractivity contribution < 1.29 is 4.79 Å². The van der Waals surface area contributed by atoms with E-state index in [9.17, 15) is 4.79 Å². The lowest BCUT2D eigenvalue weighted by molar-refractivity contribution is -0.113. The highest BCUT2D eigenvalue weighted by Crippen LogP contribution is 2.25. The van der Waals surface area contributed by atoms with Crippen LogP contribution in [0.1, 0.15) is 4.88 Å². The summed E-state index contributed by atoms with van der Waals surface area (Å²) >= 11 is 9.02. The number of hydrogen-bond acceptors (Lipinski definition) is 4. The van der Waals surface area contributed by atoms with Gasteiger partial charge in [0.25, 0.3) is 0 Å². The summed E-state index contributed by atoms with van der Waals surface area (Å²) in [4.78, 5) is 17.5. The zero-order chi connectivity index (χ0) is 15.4. The standard InChI is InChI=1S/C16H13ClN2OS2/c17-15-7-6-11(22-15)9-21-10-16(20)19-14-5-1-4-13-12(14)3-2-8-18-13/h1-8H,9-10H2,(H,19,20). The number of fused-ring (bicyclic) bond motifs is 1. The Hall–Kier alpha value is -1.56. The predicted octanol–water partition coefficient (Wildman–Crippen LogP) is 4.82. The minimum Gasteiger partial charge on any atom is -0.325 e. The number of anilines is 1. The third-order valence-electron chi connectivity index (χ3n) is 3.03. The van der Waals surface area contributed by atoms with Crippen LogP contribution in [0.25, 0.3) is 10.9 Å². The number of amides is 1. The van der Waals surface area contributed by atoms with E-state index in [-0.39, 0.29) is 5.91 Å². The fourth-order valence-corrected chi connectivity index (χ4v) is 4.10. The van der Waals surface area contributed by atoms with Crippen molar-refractivity contribution in [2.75, 3.05) is 11.1 Å². The Labute approximate surface area is 141 Å². The third kappa shape index (κ3) is 3.80. The molecular weight excluding hydrogens is 336 g/mol. The fourth-order valence-electron chi connectivity index (χ4n) is 2.07. The third-order valence-corrected chi connectivity index (χ3v) is 5.42. The Balaban J connectivity index is 1.59. The average molecular weight is 349 g/mol. The zero-order valence-electron chi connectivity index (χ0n) is 11.6. The molecule has 0 unspecified atom stereocenters. The van der Waals surface area contributed by atoms with Crippen molar-refractivity contribution in [2.24, 2.45) is 0 Å². The molecule has 0 aliphatic carbocycles. The summed E-state index contributed by atoms with van der Waals surface area (Å²) in [5.41, 5.74) is 1.68. The van der Waals surface area contributed by atoms with Gasteiger partial charge in [0.2, 0.25) is 5.91 Å². The van der Waals surface area contributed by atoms with Gasteiger partial charge >= 0.3 is 0 Å². The van der Waals surface area contributed by atoms with E-state index in [0.717, 1.165) is 26.7 Å². The summed E-state index contributed by atoms with van der Waals surface area (Å²) in [6, 6.07) is 13.4. The number of rotatable bonds is 5. The molecule has 0 aliphatic heterocycles. The number of nitrogens with zero attached hydrogens (tertiary/aromatic N) is 1. The van der Waals surface area contributed by atoms with Gasteiger partial charge in [0.05, 0.1) is 21.3 Å². The maximum absolute atomic E-state index is 12.1. The second-order valence-electron chi connectivity index (χ2n) is 4.62. The Morgan fingerprint density at radius 3 is 2.95 bits per heavy atom. The molecule has 112 valence electrons. The van der Waals surface area contributed by atoms with Crippen molar-refractivity contribution >= 4 is 57.2 Å². The smallest absolute Gasteiger partial charge is 0.234 e. The normalized spacial score (nSPS) is 10.8. The largest absolute Gasteiger partial charge is 0.325 e. The highest BCUT2D eigenvalue weighted by Gasteiger charge is 2.07. The van der Waals surface area contributed by atoms with E-state index in [1.165, 1.54) is 4.88 Å². The first-order valence-electron chi connectivity index (χ1n) is 6.68. The fraction of sp³-hybridized carbons (Fsp3) is 0.125. The van der Waals surface area contributed by atoms with Crippen LogP contribution in [0.2, 0.25) is 4.34 Å². The van der Waals surface area contributed by atoms with E-state index < -0.39 is 0 Å². The van der Waals surface area contributed by atoms with Gasteiger partial charge in [-0.2, -0.15) is 0 Å². The van der Waals surface area contributed by atoms with Crippen molar-refractivity contribution in [1.29, 1.82) is 0 Å².